The van der Waals surface area contributed by atoms with Crippen LogP contribution in [0.5, 0.6) is 11.5 Å². The molecule has 1 aliphatic heterocycles. The van der Waals surface area contributed by atoms with Crippen LogP contribution in [0, 0.1) is 0 Å². The van der Waals surface area contributed by atoms with Crippen LogP contribution >= 0.6 is 0 Å². The fraction of sp³-hybridized carbons (Fsp3) is 0.375. The van der Waals surface area contributed by atoms with Gasteiger partial charge in [-0.1, -0.05) is 5.10 Å². The lowest BCUT2D eigenvalue weighted by Crippen LogP contribution is -2.30. The molecule has 0 radical (unpaired) electrons. The number of ether oxygens (including phenoxy) is 3. The van der Waals surface area contributed by atoms with Crippen molar-refractivity contribution >= 4 is 11.9 Å². The van der Waals surface area contributed by atoms with E-state index < -0.39 is 12.0 Å². The van der Waals surface area contributed by atoms with Crippen molar-refractivity contribution < 1.29 is 19.0 Å². The molecule has 9 nitrogen and oxygen atoms in total. The number of esters is 1. The Bertz CT molecular complexity index is 830. The van der Waals surface area contributed by atoms with Crippen molar-refractivity contribution in [1.82, 2.24) is 20.2 Å². The SMILES string of the molecule is CCOC(=O)C1=C(C)Nc2nnnn2C1c1cc(OC)ccc1OC. The van der Waals surface area contributed by atoms with Crippen molar-refractivity contribution in [3.8, 4) is 11.5 Å². The van der Waals surface area contributed by atoms with Gasteiger partial charge in [0.05, 0.1) is 26.4 Å². The van der Waals surface area contributed by atoms with Gasteiger partial charge in [0.25, 0.3) is 0 Å². The van der Waals surface area contributed by atoms with E-state index in [-0.39, 0.29) is 6.61 Å². The first-order chi connectivity index (χ1) is 12.1. The highest BCUT2D eigenvalue weighted by Gasteiger charge is 2.36. The highest BCUT2D eigenvalue weighted by atomic mass is 16.5. The third-order valence-electron chi connectivity index (χ3n) is 3.94. The summed E-state index contributed by atoms with van der Waals surface area (Å²) in [6, 6.07) is 4.76. The van der Waals surface area contributed by atoms with Crippen LogP contribution in [0.1, 0.15) is 25.5 Å². The van der Waals surface area contributed by atoms with Crippen LogP contribution in [-0.2, 0) is 9.53 Å². The standard InChI is InChI=1S/C16H19N5O4/c1-5-25-15(22)13-9(2)17-16-18-19-20-21(16)14(13)11-8-10(23-3)6-7-12(11)24-4/h6-8,14H,5H2,1-4H3,(H,17,18,20). The predicted molar refractivity (Wildman–Crippen MR) is 88.5 cm³/mol. The monoisotopic (exact) mass is 345 g/mol. The van der Waals surface area contributed by atoms with Crippen molar-refractivity contribution in [1.29, 1.82) is 0 Å². The number of methoxy groups -OCH3 is 2. The molecule has 25 heavy (non-hydrogen) atoms. The third kappa shape index (κ3) is 2.88. The lowest BCUT2D eigenvalue weighted by Gasteiger charge is -2.28. The summed E-state index contributed by atoms with van der Waals surface area (Å²) in [5.41, 5.74) is 1.73. The van der Waals surface area contributed by atoms with Crippen molar-refractivity contribution in [3.05, 3.63) is 35.0 Å². The van der Waals surface area contributed by atoms with E-state index in [1.807, 2.05) is 0 Å². The molecule has 2 aromatic rings. The van der Waals surface area contributed by atoms with Gasteiger partial charge < -0.3 is 19.5 Å². The number of benzene rings is 1. The van der Waals surface area contributed by atoms with Crippen molar-refractivity contribution in [2.75, 3.05) is 26.1 Å². The first-order valence-electron chi connectivity index (χ1n) is 7.75. The number of tetrazole rings is 1. The average Bonchev–Trinajstić information content (AvgIpc) is 3.07. The molecule has 9 heteroatoms. The molecule has 0 aliphatic carbocycles. The van der Waals surface area contributed by atoms with Crippen LogP contribution < -0.4 is 14.8 Å². The highest BCUT2D eigenvalue weighted by molar-refractivity contribution is 5.92. The zero-order valence-electron chi connectivity index (χ0n) is 14.4. The highest BCUT2D eigenvalue weighted by Crippen LogP contribution is 2.40. The number of carbonyl (C=O) groups excluding carboxylic acids is 1. The number of rotatable bonds is 5. The maximum absolute atomic E-state index is 12.6. The van der Waals surface area contributed by atoms with E-state index >= 15 is 0 Å². The average molecular weight is 345 g/mol. The Morgan fingerprint density at radius 3 is 2.80 bits per heavy atom. The lowest BCUT2D eigenvalue weighted by atomic mass is 9.94. The van der Waals surface area contributed by atoms with E-state index in [1.54, 1.807) is 46.3 Å². The fourth-order valence-corrected chi connectivity index (χ4v) is 2.83. The number of anilines is 1. The van der Waals surface area contributed by atoms with Crippen LogP contribution in [-0.4, -0.2) is 47.0 Å². The summed E-state index contributed by atoms with van der Waals surface area (Å²) in [4.78, 5) is 12.6. The van der Waals surface area contributed by atoms with Crippen molar-refractivity contribution in [2.45, 2.75) is 19.9 Å². The molecule has 2 heterocycles. The molecule has 0 bridgehead atoms. The van der Waals surface area contributed by atoms with E-state index in [2.05, 4.69) is 20.8 Å². The normalized spacial score (nSPS) is 16.1. The van der Waals surface area contributed by atoms with Crippen LogP contribution in [0.15, 0.2) is 29.5 Å². The predicted octanol–water partition coefficient (Wildman–Crippen LogP) is 1.54. The van der Waals surface area contributed by atoms with Crippen molar-refractivity contribution in [2.24, 2.45) is 0 Å². The first-order valence-corrected chi connectivity index (χ1v) is 7.75. The van der Waals surface area contributed by atoms with Crippen LogP contribution in [0.3, 0.4) is 0 Å². The molecule has 0 fully saturated rings. The summed E-state index contributed by atoms with van der Waals surface area (Å²) in [6.45, 7) is 3.80. The van der Waals surface area contributed by atoms with Gasteiger partial charge in [0.2, 0.25) is 5.95 Å². The molecule has 132 valence electrons. The summed E-state index contributed by atoms with van der Waals surface area (Å²) in [7, 11) is 3.14. The first kappa shape index (κ1) is 16.7. The number of fused-ring (bicyclic) bond motifs is 1. The summed E-state index contributed by atoms with van der Waals surface area (Å²) in [5, 5.41) is 14.7. The van der Waals surface area contributed by atoms with Gasteiger partial charge in [-0.15, -0.1) is 0 Å². The Morgan fingerprint density at radius 2 is 2.12 bits per heavy atom. The summed E-state index contributed by atoms with van der Waals surface area (Å²) in [5.74, 6) is 1.21. The zero-order chi connectivity index (χ0) is 18.0. The topological polar surface area (TPSA) is 100 Å². The van der Waals surface area contributed by atoms with Gasteiger partial charge in [0.15, 0.2) is 0 Å². The zero-order valence-corrected chi connectivity index (χ0v) is 14.4. The Labute approximate surface area is 144 Å². The second-order valence-corrected chi connectivity index (χ2v) is 5.34. The molecule has 0 amide bonds. The lowest BCUT2D eigenvalue weighted by molar-refractivity contribution is -0.139. The van der Waals surface area contributed by atoms with Crippen molar-refractivity contribution in [3.63, 3.8) is 0 Å². The number of hydrogen-bond acceptors (Lipinski definition) is 8. The minimum Gasteiger partial charge on any atom is -0.497 e. The molecule has 1 aromatic carbocycles. The molecule has 0 saturated heterocycles. The molecular weight excluding hydrogens is 326 g/mol. The van der Waals surface area contributed by atoms with Crippen LogP contribution in [0.4, 0.5) is 5.95 Å². The quantitative estimate of drug-likeness (QED) is 0.815. The Balaban J connectivity index is 2.22. The number of carbonyl (C=O) groups is 1. The van der Waals surface area contributed by atoms with Crippen LogP contribution in [0.25, 0.3) is 0 Å². The number of nitrogens with zero attached hydrogens (tertiary/aromatic N) is 4. The second-order valence-electron chi connectivity index (χ2n) is 5.34. The van der Waals surface area contributed by atoms with Crippen LogP contribution in [0.2, 0.25) is 0 Å². The van der Waals surface area contributed by atoms with Gasteiger partial charge in [-0.05, 0) is 42.5 Å². The fourth-order valence-electron chi connectivity index (χ4n) is 2.83. The number of allylic oxidation sites excluding steroid dienone is 1. The van der Waals surface area contributed by atoms with Gasteiger partial charge in [-0.2, -0.15) is 4.68 Å². The molecule has 0 saturated carbocycles. The van der Waals surface area contributed by atoms with Gasteiger partial charge in [0.1, 0.15) is 17.5 Å². The summed E-state index contributed by atoms with van der Waals surface area (Å²) >= 11 is 0. The Kier molecular flexibility index (Phi) is 4.55. The number of hydrogen-bond donors (Lipinski definition) is 1. The second kappa shape index (κ2) is 6.80. The molecule has 1 N–H and O–H groups in total. The van der Waals surface area contributed by atoms with E-state index in [9.17, 15) is 4.79 Å². The Morgan fingerprint density at radius 1 is 1.32 bits per heavy atom. The van der Waals surface area contributed by atoms with Gasteiger partial charge in [-0.3, -0.25) is 0 Å². The van der Waals surface area contributed by atoms with E-state index in [0.29, 0.717) is 34.3 Å². The van der Waals surface area contributed by atoms with E-state index in [0.717, 1.165) is 0 Å². The summed E-state index contributed by atoms with van der Waals surface area (Å²) < 4.78 is 17.6. The van der Waals surface area contributed by atoms with Gasteiger partial charge in [-0.25, -0.2) is 4.79 Å². The molecule has 1 aliphatic rings. The smallest absolute Gasteiger partial charge is 0.338 e. The molecular formula is C16H19N5O4. The largest absolute Gasteiger partial charge is 0.497 e. The Hall–Kier alpha value is -3.10. The molecule has 1 unspecified atom stereocenters. The minimum atomic E-state index is -0.602. The van der Waals surface area contributed by atoms with Gasteiger partial charge >= 0.3 is 5.97 Å². The third-order valence-corrected chi connectivity index (χ3v) is 3.94. The minimum absolute atomic E-state index is 0.264. The maximum Gasteiger partial charge on any atom is 0.338 e. The molecule has 3 rings (SSSR count). The van der Waals surface area contributed by atoms with E-state index in [4.69, 9.17) is 14.2 Å². The molecule has 1 atom stereocenters. The van der Waals surface area contributed by atoms with E-state index in [1.165, 1.54) is 4.68 Å². The molecule has 0 spiro atoms. The number of aromatic nitrogens is 4. The van der Waals surface area contributed by atoms with Gasteiger partial charge in [0, 0.05) is 11.3 Å². The maximum atomic E-state index is 12.6. The summed E-state index contributed by atoms with van der Waals surface area (Å²) in [6.07, 6.45) is 0. The number of nitrogens with one attached hydrogen (secondary N) is 1. The molecule has 1 aromatic heterocycles.